The second-order valence-electron chi connectivity index (χ2n) is 5.65. The van der Waals surface area contributed by atoms with Crippen molar-refractivity contribution in [3.63, 3.8) is 0 Å². The molecule has 0 amide bonds. The number of carbonyl (C=O) groups is 2. The topological polar surface area (TPSA) is 63.6 Å². The summed E-state index contributed by atoms with van der Waals surface area (Å²) >= 11 is 0. The van der Waals surface area contributed by atoms with Crippen LogP contribution in [-0.4, -0.2) is 37.4 Å². The summed E-state index contributed by atoms with van der Waals surface area (Å²) in [6, 6.07) is 0.587. The molecule has 0 saturated heterocycles. The first-order valence-corrected chi connectivity index (χ1v) is 9.78. The van der Waals surface area contributed by atoms with Crippen LogP contribution in [0.4, 0.5) is 13.2 Å². The Morgan fingerprint density at radius 2 is 1.80 bits per heavy atom. The van der Waals surface area contributed by atoms with E-state index >= 15 is 0 Å². The van der Waals surface area contributed by atoms with Gasteiger partial charge >= 0.3 is 18.1 Å². The summed E-state index contributed by atoms with van der Waals surface area (Å²) in [5, 5.41) is 8.32. The van der Waals surface area contributed by atoms with E-state index in [-0.39, 0.29) is 6.42 Å². The van der Waals surface area contributed by atoms with Crippen molar-refractivity contribution in [2.75, 3.05) is 0 Å². The third kappa shape index (κ3) is 11.8. The Hall–Kier alpha value is -1.31. The first-order chi connectivity index (χ1) is 8.89. The average molecular weight is 312 g/mol. The molecule has 0 radical (unpaired) electrons. The number of rotatable bonds is 7. The molecule has 8 heteroatoms. The van der Waals surface area contributed by atoms with Crippen molar-refractivity contribution >= 4 is 20.0 Å². The third-order valence-electron chi connectivity index (χ3n) is 2.32. The number of esters is 1. The first kappa shape index (κ1) is 18.7. The highest BCUT2D eigenvalue weighted by atomic mass is 28.3. The summed E-state index contributed by atoms with van der Waals surface area (Å²) in [6.45, 7) is 6.01. The van der Waals surface area contributed by atoms with Gasteiger partial charge in [-0.15, -0.1) is 0 Å². The van der Waals surface area contributed by atoms with E-state index in [0.717, 1.165) is 0 Å². The summed E-state index contributed by atoms with van der Waals surface area (Å²) in [5.74, 6) is -2.44. The van der Waals surface area contributed by atoms with Gasteiger partial charge < -0.3 is 9.84 Å². The SMILES string of the molecule is C[Si](C)(C)CCC(CC(F)(F)F)OC(=O)C=CC(=O)O. The zero-order chi connectivity index (χ0) is 16.0. The molecule has 0 spiro atoms. The molecule has 0 aromatic rings. The number of aliphatic carboxylic acids is 1. The number of halogens is 3. The summed E-state index contributed by atoms with van der Waals surface area (Å²) in [6.07, 6.45) is -5.65. The van der Waals surface area contributed by atoms with Crippen LogP contribution < -0.4 is 0 Å². The summed E-state index contributed by atoms with van der Waals surface area (Å²) in [5.41, 5.74) is 0. The van der Waals surface area contributed by atoms with Gasteiger partial charge in [0.1, 0.15) is 6.10 Å². The van der Waals surface area contributed by atoms with Gasteiger partial charge in [0.25, 0.3) is 0 Å². The highest BCUT2D eigenvalue weighted by Crippen LogP contribution is 2.27. The number of carbonyl (C=O) groups excluding carboxylic acids is 1. The van der Waals surface area contributed by atoms with Crippen LogP contribution in [0.2, 0.25) is 25.7 Å². The molecule has 0 aromatic heterocycles. The minimum absolute atomic E-state index is 0.127. The maximum absolute atomic E-state index is 12.4. The fourth-order valence-corrected chi connectivity index (χ4v) is 2.59. The monoisotopic (exact) mass is 312 g/mol. The number of ether oxygens (including phenoxy) is 1. The van der Waals surface area contributed by atoms with Crippen molar-refractivity contribution in [1.29, 1.82) is 0 Å². The number of hydrogen-bond donors (Lipinski definition) is 1. The van der Waals surface area contributed by atoms with Gasteiger partial charge in [-0.2, -0.15) is 13.2 Å². The molecule has 1 N–H and O–H groups in total. The predicted molar refractivity (Wildman–Crippen MR) is 70.1 cm³/mol. The number of hydrogen-bond acceptors (Lipinski definition) is 3. The number of carboxylic acid groups (broad SMARTS) is 1. The van der Waals surface area contributed by atoms with E-state index in [9.17, 15) is 22.8 Å². The zero-order valence-electron chi connectivity index (χ0n) is 11.7. The second kappa shape index (κ2) is 7.46. The molecule has 0 aliphatic carbocycles. The summed E-state index contributed by atoms with van der Waals surface area (Å²) in [4.78, 5) is 21.4. The molecule has 20 heavy (non-hydrogen) atoms. The molecule has 0 fully saturated rings. The molecular formula is C12H19F3O4Si. The van der Waals surface area contributed by atoms with Crippen molar-refractivity contribution in [2.24, 2.45) is 0 Å². The van der Waals surface area contributed by atoms with Gasteiger partial charge in [-0.25, -0.2) is 9.59 Å². The molecular weight excluding hydrogens is 293 g/mol. The zero-order valence-corrected chi connectivity index (χ0v) is 12.7. The quantitative estimate of drug-likeness (QED) is 0.445. The molecule has 1 atom stereocenters. The van der Waals surface area contributed by atoms with Crippen molar-refractivity contribution in [2.45, 2.75) is 50.8 Å². The highest BCUT2D eigenvalue weighted by molar-refractivity contribution is 6.76. The fourth-order valence-electron chi connectivity index (χ4n) is 1.40. The van der Waals surface area contributed by atoms with Crippen LogP contribution in [0.3, 0.4) is 0 Å². The Balaban J connectivity index is 4.60. The molecule has 0 rings (SSSR count). The Kier molecular flexibility index (Phi) is 6.97. The Labute approximate surface area is 116 Å². The molecule has 0 aromatic carbocycles. The molecule has 0 aliphatic rings. The molecule has 0 aliphatic heterocycles. The number of alkyl halides is 3. The van der Waals surface area contributed by atoms with Crippen LogP contribution in [0, 0.1) is 0 Å². The van der Waals surface area contributed by atoms with Crippen LogP contribution in [0.15, 0.2) is 12.2 Å². The van der Waals surface area contributed by atoms with Crippen molar-refractivity contribution in [1.82, 2.24) is 0 Å². The van der Waals surface area contributed by atoms with Gasteiger partial charge in [-0.05, 0) is 6.42 Å². The van der Waals surface area contributed by atoms with E-state index in [1.807, 2.05) is 19.6 Å². The van der Waals surface area contributed by atoms with Gasteiger partial charge in [-0.3, -0.25) is 0 Å². The summed E-state index contributed by atoms with van der Waals surface area (Å²) < 4.78 is 41.9. The van der Waals surface area contributed by atoms with Crippen molar-refractivity contribution < 1.29 is 32.6 Å². The Morgan fingerprint density at radius 1 is 1.25 bits per heavy atom. The van der Waals surface area contributed by atoms with Crippen LogP contribution >= 0.6 is 0 Å². The predicted octanol–water partition coefficient (Wildman–Crippen LogP) is 3.22. The van der Waals surface area contributed by atoms with E-state index in [1.54, 1.807) is 0 Å². The van der Waals surface area contributed by atoms with Crippen molar-refractivity contribution in [3.8, 4) is 0 Å². The van der Waals surface area contributed by atoms with Gasteiger partial charge in [0.05, 0.1) is 6.42 Å². The molecule has 116 valence electrons. The van der Waals surface area contributed by atoms with Crippen LogP contribution in [0.5, 0.6) is 0 Å². The molecule has 0 bridgehead atoms. The normalized spacial score (nSPS) is 14.3. The van der Waals surface area contributed by atoms with Gasteiger partial charge in [0.2, 0.25) is 0 Å². The average Bonchev–Trinajstić information content (AvgIpc) is 2.20. The first-order valence-electron chi connectivity index (χ1n) is 6.07. The fraction of sp³-hybridized carbons (Fsp3) is 0.667. The van der Waals surface area contributed by atoms with E-state index in [0.29, 0.717) is 18.2 Å². The van der Waals surface area contributed by atoms with Crippen LogP contribution in [0.25, 0.3) is 0 Å². The highest BCUT2D eigenvalue weighted by Gasteiger charge is 2.34. The summed E-state index contributed by atoms with van der Waals surface area (Å²) in [7, 11) is -1.55. The lowest BCUT2D eigenvalue weighted by Gasteiger charge is -2.22. The molecule has 1 unspecified atom stereocenters. The second-order valence-corrected chi connectivity index (χ2v) is 11.3. The van der Waals surface area contributed by atoms with Crippen LogP contribution in [-0.2, 0) is 14.3 Å². The maximum atomic E-state index is 12.4. The van der Waals surface area contributed by atoms with E-state index < -0.39 is 38.7 Å². The minimum Gasteiger partial charge on any atom is -0.478 e. The smallest absolute Gasteiger partial charge is 0.392 e. The van der Waals surface area contributed by atoms with Crippen molar-refractivity contribution in [3.05, 3.63) is 12.2 Å². The van der Waals surface area contributed by atoms with Gasteiger partial charge in [0, 0.05) is 20.2 Å². The van der Waals surface area contributed by atoms with E-state index in [4.69, 9.17) is 5.11 Å². The Bertz CT molecular complexity index is 372. The Morgan fingerprint density at radius 3 is 2.20 bits per heavy atom. The minimum atomic E-state index is -4.43. The maximum Gasteiger partial charge on any atom is 0.392 e. The number of carboxylic acids is 1. The molecule has 0 saturated carbocycles. The molecule has 4 nitrogen and oxygen atoms in total. The van der Waals surface area contributed by atoms with Gasteiger partial charge in [0.15, 0.2) is 0 Å². The lowest BCUT2D eigenvalue weighted by Crippen LogP contribution is -2.28. The lowest BCUT2D eigenvalue weighted by atomic mass is 10.2. The lowest BCUT2D eigenvalue weighted by molar-refractivity contribution is -0.169. The standard InChI is InChI=1S/C12H19F3O4Si/c1-20(2,3)7-6-9(8-12(13,14)15)19-11(18)5-4-10(16)17/h4-5,9H,6-8H2,1-3H3,(H,16,17). The third-order valence-corrected chi connectivity index (χ3v) is 4.11. The van der Waals surface area contributed by atoms with Crippen LogP contribution in [0.1, 0.15) is 12.8 Å². The van der Waals surface area contributed by atoms with E-state index in [2.05, 4.69) is 4.74 Å². The van der Waals surface area contributed by atoms with E-state index in [1.165, 1.54) is 0 Å². The molecule has 0 heterocycles. The van der Waals surface area contributed by atoms with Gasteiger partial charge in [-0.1, -0.05) is 25.7 Å². The largest absolute Gasteiger partial charge is 0.478 e.